The zero-order chi connectivity index (χ0) is 81.3. The fourth-order valence-electron chi connectivity index (χ4n) is 20.0. The Morgan fingerprint density at radius 2 is 1.00 bits per heavy atom. The zero-order valence-corrected chi connectivity index (χ0v) is 67.9. The summed E-state index contributed by atoms with van der Waals surface area (Å²) in [5, 5.41) is 34.4. The average molecular weight is 1570 g/mol. The number of aliphatic hydroxyl groups excluding tert-OH is 2. The largest absolute Gasteiger partial charge is 0.461 e. The molecule has 3 aliphatic carbocycles. The number of nitrogens with zero attached hydrogens (tertiary/aromatic N) is 9. The lowest BCUT2D eigenvalue weighted by Crippen LogP contribution is -2.47. The summed E-state index contributed by atoms with van der Waals surface area (Å²) in [5.74, 6) is -0.128. The molecule has 9 atom stereocenters. The smallest absolute Gasteiger partial charge is 0.420 e. The number of esters is 1. The molecule has 0 bridgehead atoms. The number of hydrogen-bond acceptors (Lipinski definition) is 14. The lowest BCUT2D eigenvalue weighted by atomic mass is 9.86. The Morgan fingerprint density at radius 3 is 1.53 bits per heavy atom. The van der Waals surface area contributed by atoms with Gasteiger partial charge in [-0.3, -0.25) is 19.5 Å². The third-order valence-electron chi connectivity index (χ3n) is 25.2. The van der Waals surface area contributed by atoms with E-state index in [9.17, 15) is 24.6 Å². The van der Waals surface area contributed by atoms with Crippen LogP contribution in [0.25, 0.3) is 86.7 Å². The number of carbonyl (C=O) groups is 3. The number of hydrogen-bond donors (Lipinski definition) is 5. The number of aromatic nitrogens is 7. The molecule has 20 nitrogen and oxygen atoms in total. The van der Waals surface area contributed by atoms with Crippen LogP contribution in [0.2, 0.25) is 0 Å². The standard InChI is InChI=1S/C26H25N3O2.C26H21N3.C24H23N3O.C22H31N3O5/c1-16(30)31-24-15-29(12-10-19(24)22-14-28-26-20(22)9-4-11-27-26)23-13-18-7-2-5-17-6-3-8-21(23)25(17)18;1-27-20-8-9-24-22(15-20)23(16-28-24)17-10-12-29(13-11-17)25-14-19-6-2-4-18-5-3-7-21(25)26(18)19;28-22-14-27(11-9-17(22)20-13-26-24-18(20)8-3-10-25-24)21-12-16-6-1-4-15-5-2-7-19(21)23(15)16;1-21(2,3)29-19(27)24-11-9-14(17(26)13-24)16-12-25(20(28)30-22(4,5)6)18-15(16)8-7-10-23-18/h2-9,11,14,19,23-24H,10,12-13,15H2,1H3,(H,27,28);2-10,15-16,25,28H,11-14H2;1-8,10,13,17,21-22,28H,9,11-12,14H2,(H,25,26);7-8,10,12,14,17,26H,9,11,13H2,1-6H3. The number of nitrogens with one attached hydrogen (secondary N) is 3. The Morgan fingerprint density at radius 1 is 0.500 bits per heavy atom. The molecule has 0 spiro atoms. The number of β-amino-alcohol motifs (C(OH)–C–C–N with tert-alkyl or cyclic N) is 2. The maximum absolute atomic E-state index is 12.7. The molecule has 1 amide bonds. The van der Waals surface area contributed by atoms with Crippen LogP contribution in [-0.4, -0.2) is 164 Å². The van der Waals surface area contributed by atoms with Crippen molar-refractivity contribution in [3.63, 3.8) is 0 Å². The Bertz CT molecular complexity index is 6240. The summed E-state index contributed by atoms with van der Waals surface area (Å²) in [4.78, 5) is 72.9. The van der Waals surface area contributed by atoms with E-state index in [4.69, 9.17) is 20.8 Å². The van der Waals surface area contributed by atoms with Gasteiger partial charge in [-0.05, 0) is 241 Å². The molecular formula is C98H100N12O8. The number of piperidine rings is 3. The Kier molecular flexibility index (Phi) is 20.9. The summed E-state index contributed by atoms with van der Waals surface area (Å²) in [6, 6.07) is 58.9. The maximum atomic E-state index is 12.7. The van der Waals surface area contributed by atoms with Crippen LogP contribution >= 0.6 is 0 Å². The minimum atomic E-state index is -0.788. The predicted octanol–water partition coefficient (Wildman–Crippen LogP) is 19.1. The van der Waals surface area contributed by atoms with Gasteiger partial charge in [-0.25, -0.2) is 34.0 Å². The van der Waals surface area contributed by atoms with Crippen molar-refractivity contribution >= 4 is 106 Å². The maximum Gasteiger partial charge on any atom is 0.420 e. The van der Waals surface area contributed by atoms with Crippen molar-refractivity contribution in [3.8, 4) is 0 Å². The van der Waals surface area contributed by atoms with Crippen LogP contribution in [0.3, 0.4) is 0 Å². The Hall–Kier alpha value is -11.8. The first kappa shape index (κ1) is 77.4. The molecule has 11 heterocycles. The molecule has 0 radical (unpaired) electrons. The molecule has 14 aromatic rings. The van der Waals surface area contributed by atoms with Crippen molar-refractivity contribution in [1.29, 1.82) is 0 Å². The molecule has 4 aliphatic heterocycles. The molecule has 21 rings (SSSR count). The zero-order valence-electron chi connectivity index (χ0n) is 67.9. The van der Waals surface area contributed by atoms with Crippen LogP contribution in [0.5, 0.6) is 0 Å². The van der Waals surface area contributed by atoms with Gasteiger partial charge in [0.2, 0.25) is 0 Å². The number of aromatic amines is 3. The minimum Gasteiger partial charge on any atom is -0.461 e. The van der Waals surface area contributed by atoms with Gasteiger partial charge in [-0.15, -0.1) is 0 Å². The van der Waals surface area contributed by atoms with E-state index in [1.54, 1.807) is 51.6 Å². The molecule has 7 aliphatic rings. The summed E-state index contributed by atoms with van der Waals surface area (Å²) < 4.78 is 18.2. The predicted molar refractivity (Wildman–Crippen MR) is 464 cm³/mol. The van der Waals surface area contributed by atoms with E-state index in [0.717, 1.165) is 115 Å². The molecule has 5 N–H and O–H groups in total. The van der Waals surface area contributed by atoms with Gasteiger partial charge >= 0.3 is 18.2 Å². The van der Waals surface area contributed by atoms with Crippen molar-refractivity contribution in [2.24, 2.45) is 0 Å². The first-order valence-electron chi connectivity index (χ1n) is 41.6. The minimum absolute atomic E-state index is 0.161. The average Bonchev–Trinajstić information content (AvgIpc) is 1.60. The van der Waals surface area contributed by atoms with Crippen LogP contribution in [0.15, 0.2) is 213 Å². The van der Waals surface area contributed by atoms with Crippen molar-refractivity contribution < 1.29 is 38.8 Å². The molecule has 3 saturated heterocycles. The summed E-state index contributed by atoms with van der Waals surface area (Å²) in [5.41, 5.74) is 17.4. The highest BCUT2D eigenvalue weighted by atomic mass is 16.6. The molecular weight excluding hydrogens is 1470 g/mol. The van der Waals surface area contributed by atoms with Crippen molar-refractivity contribution in [2.75, 3.05) is 52.4 Å². The molecule has 600 valence electrons. The van der Waals surface area contributed by atoms with Crippen LogP contribution in [0.1, 0.15) is 166 Å². The summed E-state index contributed by atoms with van der Waals surface area (Å²) >= 11 is 0. The molecule has 7 aromatic heterocycles. The van der Waals surface area contributed by atoms with Gasteiger partial charge < -0.3 is 44.3 Å². The third-order valence-corrected chi connectivity index (χ3v) is 25.2. The van der Waals surface area contributed by atoms with Crippen LogP contribution in [-0.2, 0) is 38.3 Å². The molecule has 0 saturated carbocycles. The number of likely N-dealkylation sites (tertiary alicyclic amines) is 3. The lowest BCUT2D eigenvalue weighted by Gasteiger charge is -2.41. The van der Waals surface area contributed by atoms with Gasteiger partial charge in [0, 0.05) is 146 Å². The first-order valence-corrected chi connectivity index (χ1v) is 41.6. The highest BCUT2D eigenvalue weighted by molar-refractivity contribution is 5.97. The van der Waals surface area contributed by atoms with Crippen molar-refractivity contribution in [1.82, 2.24) is 54.1 Å². The number of fused-ring (bicyclic) bond motifs is 4. The van der Waals surface area contributed by atoms with E-state index in [2.05, 4.69) is 183 Å². The number of ether oxygens (including phenoxy) is 3. The fourth-order valence-corrected chi connectivity index (χ4v) is 20.0. The van der Waals surface area contributed by atoms with E-state index >= 15 is 0 Å². The number of benzene rings is 7. The number of rotatable bonds is 8. The van der Waals surface area contributed by atoms with Crippen molar-refractivity contribution in [2.45, 2.75) is 159 Å². The van der Waals surface area contributed by atoms with Gasteiger partial charge in [-0.2, -0.15) is 0 Å². The number of amides is 1. The van der Waals surface area contributed by atoms with Gasteiger partial charge in [0.1, 0.15) is 34.2 Å². The SMILES string of the molecule is CC(=O)OC1CN(C2Cc3cccc4cccc2c34)CCC1c1c[nH]c2ncccc12.CC(C)(C)OC(=O)N1CCC(c2cn(C(=O)OC(C)(C)C)c3ncccc23)C(O)C1.OC1CN(C2Cc3cccc4cccc2c34)CCC1c1c[nH]c2ncccc12.[C-]#[N+]c1ccc2[nH]cc(C3=CCN(C4Cc5cccc6cccc4c56)CC3)c2c1. The second-order valence-electron chi connectivity index (χ2n) is 34.7. The van der Waals surface area contributed by atoms with E-state index in [1.165, 1.54) is 104 Å². The summed E-state index contributed by atoms with van der Waals surface area (Å²) in [6.45, 7) is 25.8. The van der Waals surface area contributed by atoms with E-state index in [-0.39, 0.29) is 42.5 Å². The number of H-pyrrole nitrogens is 3. The first-order chi connectivity index (χ1) is 57.1. The van der Waals surface area contributed by atoms with E-state index in [0.29, 0.717) is 49.0 Å². The molecule has 20 heteroatoms. The second-order valence-corrected chi connectivity index (χ2v) is 34.7. The molecule has 9 unspecified atom stereocenters. The highest BCUT2D eigenvalue weighted by Crippen LogP contribution is 2.48. The van der Waals surface area contributed by atoms with E-state index in [1.807, 2.05) is 69.6 Å². The third kappa shape index (κ3) is 15.2. The van der Waals surface area contributed by atoms with Gasteiger partial charge in [0.05, 0.1) is 25.3 Å². The number of aliphatic hydroxyl groups is 2. The second kappa shape index (κ2) is 31.9. The van der Waals surface area contributed by atoms with Crippen LogP contribution < -0.4 is 0 Å². The van der Waals surface area contributed by atoms with Gasteiger partial charge in [0.25, 0.3) is 0 Å². The molecule has 7 aromatic carbocycles. The van der Waals surface area contributed by atoms with Gasteiger partial charge in [-0.1, -0.05) is 121 Å². The Balaban J connectivity index is 0.000000108. The lowest BCUT2D eigenvalue weighted by molar-refractivity contribution is -0.150. The summed E-state index contributed by atoms with van der Waals surface area (Å²) in [7, 11) is 0. The normalized spacial score (nSPS) is 21.9. The Labute approximate surface area is 686 Å². The van der Waals surface area contributed by atoms with Crippen molar-refractivity contribution in [3.05, 3.63) is 280 Å². The topological polar surface area (TPSA) is 228 Å². The molecule has 118 heavy (non-hydrogen) atoms. The number of carbonyl (C=O) groups excluding carboxylic acids is 3. The fraction of sp³-hybridized carbons (Fsp3) is 0.337. The molecule has 3 fully saturated rings. The highest BCUT2D eigenvalue weighted by Gasteiger charge is 2.42. The van der Waals surface area contributed by atoms with Gasteiger partial charge in [0.15, 0.2) is 5.69 Å². The summed E-state index contributed by atoms with van der Waals surface area (Å²) in [6.07, 6.45) is 19.9. The monoisotopic (exact) mass is 1570 g/mol. The van der Waals surface area contributed by atoms with Crippen LogP contribution in [0.4, 0.5) is 15.3 Å². The number of pyridine rings is 3. The quantitative estimate of drug-likeness (QED) is 0.0542. The van der Waals surface area contributed by atoms with E-state index < -0.39 is 29.5 Å². The van der Waals surface area contributed by atoms with Crippen LogP contribution in [0, 0.1) is 6.57 Å².